The van der Waals surface area contributed by atoms with E-state index < -0.39 is 36.5 Å². The molecule has 1 aliphatic heterocycles. The lowest BCUT2D eigenvalue weighted by Crippen LogP contribution is -2.27. The van der Waals surface area contributed by atoms with Gasteiger partial charge in [-0.2, -0.15) is 26.3 Å². The molecule has 0 bridgehead atoms. The van der Waals surface area contributed by atoms with E-state index in [2.05, 4.69) is 20.0 Å². The summed E-state index contributed by atoms with van der Waals surface area (Å²) in [5.41, 5.74) is 0.657. The first-order valence-corrected chi connectivity index (χ1v) is 9.34. The first kappa shape index (κ1) is 23.3. The Labute approximate surface area is 178 Å². The van der Waals surface area contributed by atoms with Crippen molar-refractivity contribution in [2.75, 3.05) is 6.61 Å². The van der Waals surface area contributed by atoms with Gasteiger partial charge in [-0.15, -0.1) is 0 Å². The summed E-state index contributed by atoms with van der Waals surface area (Å²) in [7, 11) is 0. The maximum absolute atomic E-state index is 12.7. The second-order valence-electron chi connectivity index (χ2n) is 6.94. The number of hydrogen-bond donors (Lipinski definition) is 1. The molecule has 3 rings (SSSR count). The molecule has 32 heavy (non-hydrogen) atoms. The van der Waals surface area contributed by atoms with Crippen LogP contribution in [0.15, 0.2) is 59.4 Å². The Hall–Kier alpha value is -3.37. The largest absolute Gasteiger partial charge is 0.483 e. The Bertz CT molecular complexity index is 1030. The molecule has 0 saturated heterocycles. The molecule has 0 saturated carbocycles. The number of ether oxygens (including phenoxy) is 1. The summed E-state index contributed by atoms with van der Waals surface area (Å²) in [5, 5.41) is 2.67. The summed E-state index contributed by atoms with van der Waals surface area (Å²) in [6.07, 6.45) is -5.94. The minimum Gasteiger partial charge on any atom is -0.483 e. The van der Waals surface area contributed by atoms with E-state index in [1.807, 2.05) is 0 Å². The van der Waals surface area contributed by atoms with Crippen molar-refractivity contribution in [2.45, 2.75) is 31.7 Å². The molecule has 1 atom stereocenters. The van der Waals surface area contributed by atoms with Crippen LogP contribution in [0.25, 0.3) is 0 Å². The number of nitrogens with one attached hydrogen (secondary N) is 1. The number of rotatable bonds is 6. The van der Waals surface area contributed by atoms with Crippen LogP contribution in [-0.2, 0) is 11.0 Å². The lowest BCUT2D eigenvalue weighted by atomic mass is 10.1. The molecular formula is C21H17F6N3O2. The predicted molar refractivity (Wildman–Crippen MR) is 103 cm³/mol. The molecule has 2 heterocycles. The number of aliphatic imine (C=N–C) groups is 1. The van der Waals surface area contributed by atoms with Gasteiger partial charge in [-0.1, -0.05) is 12.1 Å². The standard InChI is InChI=1S/C21H17F6N3O2/c1-12(16-7-6-15(10-28-16)32-11-20(22,23)24)29-19(31)18-9-8-17(30-18)13-2-4-14(5-3-13)21(25,26)27/h2-7,9-10,12H,8,11H2,1H3,(H,29,31)/t12-/m1/s1. The number of hydrogen-bond acceptors (Lipinski definition) is 4. The smallest absolute Gasteiger partial charge is 0.422 e. The fourth-order valence-corrected chi connectivity index (χ4v) is 2.85. The lowest BCUT2D eigenvalue weighted by molar-refractivity contribution is -0.153. The van der Waals surface area contributed by atoms with Crippen LogP contribution >= 0.6 is 0 Å². The Balaban J connectivity index is 1.59. The highest BCUT2D eigenvalue weighted by atomic mass is 19.4. The van der Waals surface area contributed by atoms with Crippen LogP contribution in [0, 0.1) is 0 Å². The number of pyridine rings is 1. The Morgan fingerprint density at radius 1 is 1.09 bits per heavy atom. The average Bonchev–Trinajstić information content (AvgIpc) is 3.22. The first-order valence-electron chi connectivity index (χ1n) is 9.34. The van der Waals surface area contributed by atoms with Crippen molar-refractivity contribution >= 4 is 11.6 Å². The fraction of sp³-hybridized carbons (Fsp3) is 0.286. The van der Waals surface area contributed by atoms with Crippen molar-refractivity contribution < 1.29 is 35.9 Å². The van der Waals surface area contributed by atoms with Gasteiger partial charge in [0, 0.05) is 6.42 Å². The van der Waals surface area contributed by atoms with Crippen LogP contribution in [0.5, 0.6) is 5.75 Å². The third-order valence-electron chi connectivity index (χ3n) is 4.48. The number of amides is 1. The molecule has 0 radical (unpaired) electrons. The van der Waals surface area contributed by atoms with Gasteiger partial charge < -0.3 is 10.1 Å². The van der Waals surface area contributed by atoms with Gasteiger partial charge >= 0.3 is 12.4 Å². The Morgan fingerprint density at radius 2 is 1.78 bits per heavy atom. The van der Waals surface area contributed by atoms with E-state index >= 15 is 0 Å². The molecule has 1 N–H and O–H groups in total. The molecule has 0 spiro atoms. The Morgan fingerprint density at radius 3 is 2.34 bits per heavy atom. The number of carbonyl (C=O) groups excluding carboxylic acids is 1. The molecule has 0 aliphatic carbocycles. The third kappa shape index (κ3) is 6.08. The minimum atomic E-state index is -4.46. The lowest BCUT2D eigenvalue weighted by Gasteiger charge is -2.14. The summed E-state index contributed by atoms with van der Waals surface area (Å²) in [6, 6.07) is 6.65. The SMILES string of the molecule is C[C@@H](NC(=O)C1=CCC(c2ccc(C(F)(F)F)cc2)=N1)c1ccc(OCC(F)(F)F)cn1. The zero-order valence-electron chi connectivity index (χ0n) is 16.6. The predicted octanol–water partition coefficient (Wildman–Crippen LogP) is 5.00. The second kappa shape index (κ2) is 9.01. The van der Waals surface area contributed by atoms with Crippen LogP contribution in [-0.4, -0.2) is 29.4 Å². The monoisotopic (exact) mass is 457 g/mol. The molecule has 11 heteroatoms. The third-order valence-corrected chi connectivity index (χ3v) is 4.48. The maximum atomic E-state index is 12.7. The van der Waals surface area contributed by atoms with Crippen LogP contribution in [0.4, 0.5) is 26.3 Å². The average molecular weight is 457 g/mol. The summed E-state index contributed by atoms with van der Waals surface area (Å²) >= 11 is 0. The highest BCUT2D eigenvalue weighted by Crippen LogP contribution is 2.30. The van der Waals surface area contributed by atoms with Crippen molar-refractivity contribution in [1.29, 1.82) is 0 Å². The second-order valence-corrected chi connectivity index (χ2v) is 6.94. The molecule has 0 unspecified atom stereocenters. The van der Waals surface area contributed by atoms with Gasteiger partial charge in [0.1, 0.15) is 11.4 Å². The maximum Gasteiger partial charge on any atom is 0.422 e. The summed E-state index contributed by atoms with van der Waals surface area (Å²) in [5.74, 6) is -0.576. The molecule has 1 aromatic heterocycles. The van der Waals surface area contributed by atoms with Gasteiger partial charge in [-0.3, -0.25) is 9.78 Å². The number of benzene rings is 1. The van der Waals surface area contributed by atoms with Crippen LogP contribution < -0.4 is 10.1 Å². The molecule has 2 aromatic rings. The van der Waals surface area contributed by atoms with Crippen LogP contribution in [0.3, 0.4) is 0 Å². The Kier molecular flexibility index (Phi) is 6.56. The summed E-state index contributed by atoms with van der Waals surface area (Å²) < 4.78 is 79.2. The first-order chi connectivity index (χ1) is 14.9. The zero-order valence-corrected chi connectivity index (χ0v) is 16.6. The normalized spacial score (nSPS) is 15.1. The van der Waals surface area contributed by atoms with Crippen molar-refractivity contribution in [3.8, 4) is 5.75 Å². The molecule has 0 fully saturated rings. The highest BCUT2D eigenvalue weighted by molar-refractivity contribution is 6.08. The van der Waals surface area contributed by atoms with Gasteiger partial charge in [0.05, 0.1) is 29.2 Å². The summed E-state index contributed by atoms with van der Waals surface area (Å²) in [6.45, 7) is 0.195. The van der Waals surface area contributed by atoms with Gasteiger partial charge in [-0.05, 0) is 42.8 Å². The topological polar surface area (TPSA) is 63.6 Å². The molecular weight excluding hydrogens is 440 g/mol. The molecule has 170 valence electrons. The van der Waals surface area contributed by atoms with Crippen molar-refractivity contribution in [2.24, 2.45) is 4.99 Å². The minimum absolute atomic E-state index is 0.0612. The molecule has 1 amide bonds. The zero-order chi connectivity index (χ0) is 23.5. The van der Waals surface area contributed by atoms with Crippen molar-refractivity contribution in [3.63, 3.8) is 0 Å². The molecule has 1 aromatic carbocycles. The van der Waals surface area contributed by atoms with Gasteiger partial charge in [0.25, 0.3) is 5.91 Å². The number of aromatic nitrogens is 1. The highest BCUT2D eigenvalue weighted by Gasteiger charge is 2.30. The van der Waals surface area contributed by atoms with E-state index in [9.17, 15) is 31.1 Å². The van der Waals surface area contributed by atoms with E-state index in [4.69, 9.17) is 0 Å². The molecule has 5 nitrogen and oxygen atoms in total. The van der Waals surface area contributed by atoms with Crippen molar-refractivity contribution in [3.05, 3.63) is 71.2 Å². The van der Waals surface area contributed by atoms with Crippen LogP contribution in [0.2, 0.25) is 0 Å². The summed E-state index contributed by atoms with van der Waals surface area (Å²) in [4.78, 5) is 20.6. The van der Waals surface area contributed by atoms with Gasteiger partial charge in [-0.25, -0.2) is 4.99 Å². The van der Waals surface area contributed by atoms with Gasteiger partial charge in [0.2, 0.25) is 0 Å². The number of alkyl halides is 6. The molecule has 1 aliphatic rings. The van der Waals surface area contributed by atoms with E-state index in [0.717, 1.165) is 18.3 Å². The fourth-order valence-electron chi connectivity index (χ4n) is 2.85. The quantitative estimate of drug-likeness (QED) is 0.622. The van der Waals surface area contributed by atoms with E-state index in [0.29, 0.717) is 17.0 Å². The van der Waals surface area contributed by atoms with Crippen molar-refractivity contribution in [1.82, 2.24) is 10.3 Å². The van der Waals surface area contributed by atoms with Gasteiger partial charge in [0.15, 0.2) is 6.61 Å². The van der Waals surface area contributed by atoms with Crippen LogP contribution in [0.1, 0.15) is 36.2 Å². The number of halogens is 6. The van der Waals surface area contributed by atoms with E-state index in [1.54, 1.807) is 13.0 Å². The van der Waals surface area contributed by atoms with E-state index in [1.165, 1.54) is 24.3 Å². The number of nitrogens with zero attached hydrogens (tertiary/aromatic N) is 2. The number of carbonyl (C=O) groups is 1. The van der Waals surface area contributed by atoms with E-state index in [-0.39, 0.29) is 17.9 Å². The number of allylic oxidation sites excluding steroid dienone is 1.